The Balaban J connectivity index is 3.07. The first-order valence-electron chi connectivity index (χ1n) is 5.41. The van der Waals surface area contributed by atoms with Crippen molar-refractivity contribution >= 4 is 33.5 Å². The van der Waals surface area contributed by atoms with E-state index in [1.165, 1.54) is 26.0 Å². The van der Waals surface area contributed by atoms with Crippen LogP contribution in [0.25, 0.3) is 0 Å². The van der Waals surface area contributed by atoms with Gasteiger partial charge in [0.05, 0.1) is 6.61 Å². The summed E-state index contributed by atoms with van der Waals surface area (Å²) >= 11 is 2.95. The number of esters is 1. The number of nitrogens with one attached hydrogen (secondary N) is 1. The molecule has 1 aromatic carbocycles. The summed E-state index contributed by atoms with van der Waals surface area (Å²) in [5.74, 6) is -5.68. The van der Waals surface area contributed by atoms with Gasteiger partial charge in [0.1, 0.15) is 0 Å². The van der Waals surface area contributed by atoms with Gasteiger partial charge in [-0.2, -0.15) is 8.78 Å². The van der Waals surface area contributed by atoms with Gasteiger partial charge < -0.3 is 10.1 Å². The van der Waals surface area contributed by atoms with Gasteiger partial charge in [0.2, 0.25) is 5.91 Å². The molecule has 0 aliphatic carbocycles. The van der Waals surface area contributed by atoms with E-state index in [-0.39, 0.29) is 17.0 Å². The Hall–Kier alpha value is -1.50. The van der Waals surface area contributed by atoms with Crippen molar-refractivity contribution in [3.05, 3.63) is 28.2 Å². The van der Waals surface area contributed by atoms with E-state index in [1.54, 1.807) is 0 Å². The second-order valence-electron chi connectivity index (χ2n) is 3.67. The second-order valence-corrected chi connectivity index (χ2v) is 4.53. The molecule has 1 N–H and O–H groups in total. The Morgan fingerprint density at radius 3 is 2.53 bits per heavy atom. The molecule has 7 heteroatoms. The summed E-state index contributed by atoms with van der Waals surface area (Å²) < 4.78 is 31.9. The maximum absolute atomic E-state index is 13.8. The van der Waals surface area contributed by atoms with Gasteiger partial charge in [0.15, 0.2) is 0 Å². The number of amides is 1. The van der Waals surface area contributed by atoms with Crippen LogP contribution in [-0.4, -0.2) is 18.5 Å². The lowest BCUT2D eigenvalue weighted by Gasteiger charge is -2.17. The van der Waals surface area contributed by atoms with Crippen LogP contribution in [0.4, 0.5) is 14.5 Å². The summed E-state index contributed by atoms with van der Waals surface area (Å²) in [5, 5.41) is 2.45. The van der Waals surface area contributed by atoms with E-state index < -0.39 is 17.5 Å². The Morgan fingerprint density at radius 1 is 1.42 bits per heavy atom. The van der Waals surface area contributed by atoms with Crippen LogP contribution in [0, 0.1) is 0 Å². The Bertz CT molecular complexity index is 506. The molecule has 0 spiro atoms. The highest BCUT2D eigenvalue weighted by Crippen LogP contribution is 2.36. The lowest BCUT2D eigenvalue weighted by molar-refractivity contribution is -0.173. The fraction of sp³-hybridized carbons (Fsp3) is 0.333. The van der Waals surface area contributed by atoms with Gasteiger partial charge in [-0.05, 0) is 25.1 Å². The zero-order valence-electron chi connectivity index (χ0n) is 10.3. The molecule has 0 aliphatic heterocycles. The number of carbonyl (C=O) groups excluding carboxylic acids is 2. The smallest absolute Gasteiger partial charge is 0.382 e. The number of rotatable bonds is 4. The molecule has 1 rings (SSSR count). The van der Waals surface area contributed by atoms with Gasteiger partial charge in [-0.3, -0.25) is 4.79 Å². The number of ether oxygens (including phenoxy) is 1. The molecule has 1 aromatic rings. The first kappa shape index (κ1) is 15.6. The van der Waals surface area contributed by atoms with E-state index in [0.717, 1.165) is 6.07 Å². The fourth-order valence-electron chi connectivity index (χ4n) is 1.38. The summed E-state index contributed by atoms with van der Waals surface area (Å²) in [7, 11) is 0. The van der Waals surface area contributed by atoms with Crippen molar-refractivity contribution in [3.63, 3.8) is 0 Å². The third-order valence-corrected chi connectivity index (χ3v) is 2.82. The molecular formula is C12H12BrF2NO3. The largest absolute Gasteiger partial charge is 0.461 e. The van der Waals surface area contributed by atoms with Gasteiger partial charge in [0, 0.05) is 22.6 Å². The summed E-state index contributed by atoms with van der Waals surface area (Å²) in [5.41, 5.74) is -0.164. The highest BCUT2D eigenvalue weighted by atomic mass is 79.9. The third kappa shape index (κ3) is 3.73. The van der Waals surface area contributed by atoms with Gasteiger partial charge in [0.25, 0.3) is 0 Å². The van der Waals surface area contributed by atoms with Gasteiger partial charge in [-0.25, -0.2) is 4.79 Å². The SMILES string of the molecule is CCOC(=O)C(F)(F)c1ccc(NC(C)=O)cc1Br. The van der Waals surface area contributed by atoms with Crippen LogP contribution in [0.2, 0.25) is 0 Å². The normalized spacial score (nSPS) is 11.0. The lowest BCUT2D eigenvalue weighted by Crippen LogP contribution is -2.28. The Kier molecular flexibility index (Phi) is 4.99. The van der Waals surface area contributed by atoms with Crippen LogP contribution in [0.15, 0.2) is 22.7 Å². The molecule has 0 unspecified atom stereocenters. The van der Waals surface area contributed by atoms with E-state index in [1.807, 2.05) is 0 Å². The van der Waals surface area contributed by atoms with Crippen molar-refractivity contribution in [3.8, 4) is 0 Å². The number of alkyl halides is 2. The molecule has 19 heavy (non-hydrogen) atoms. The van der Waals surface area contributed by atoms with Crippen LogP contribution in [0.3, 0.4) is 0 Å². The molecular weight excluding hydrogens is 324 g/mol. The Morgan fingerprint density at radius 2 is 2.05 bits per heavy atom. The average molecular weight is 336 g/mol. The molecule has 0 saturated carbocycles. The number of benzene rings is 1. The molecule has 0 heterocycles. The minimum Gasteiger partial charge on any atom is -0.461 e. The van der Waals surface area contributed by atoms with Crippen LogP contribution >= 0.6 is 15.9 Å². The summed E-state index contributed by atoms with van der Waals surface area (Å²) in [6.45, 7) is 2.62. The quantitative estimate of drug-likeness (QED) is 0.860. The van der Waals surface area contributed by atoms with Crippen LogP contribution in [0.5, 0.6) is 0 Å². The van der Waals surface area contributed by atoms with E-state index in [4.69, 9.17) is 0 Å². The van der Waals surface area contributed by atoms with E-state index in [0.29, 0.717) is 5.69 Å². The molecule has 0 radical (unpaired) electrons. The zero-order chi connectivity index (χ0) is 14.6. The maximum Gasteiger partial charge on any atom is 0.382 e. The molecule has 0 atom stereocenters. The van der Waals surface area contributed by atoms with E-state index in [2.05, 4.69) is 26.0 Å². The standard InChI is InChI=1S/C12H12BrF2NO3/c1-3-19-11(18)12(14,15)9-5-4-8(6-10(9)13)16-7(2)17/h4-6H,3H2,1-2H3,(H,16,17). The van der Waals surface area contributed by atoms with Crippen molar-refractivity contribution in [2.24, 2.45) is 0 Å². The van der Waals surface area contributed by atoms with Crippen LogP contribution in [0.1, 0.15) is 19.4 Å². The van der Waals surface area contributed by atoms with E-state index >= 15 is 0 Å². The lowest BCUT2D eigenvalue weighted by atomic mass is 10.1. The molecule has 4 nitrogen and oxygen atoms in total. The maximum atomic E-state index is 13.8. The second kappa shape index (κ2) is 6.10. The van der Waals surface area contributed by atoms with Crippen molar-refractivity contribution in [2.75, 3.05) is 11.9 Å². The first-order chi connectivity index (χ1) is 8.78. The minimum absolute atomic E-state index is 0.0109. The molecule has 0 aromatic heterocycles. The topological polar surface area (TPSA) is 55.4 Å². The highest BCUT2D eigenvalue weighted by Gasteiger charge is 2.44. The first-order valence-corrected chi connectivity index (χ1v) is 6.21. The van der Waals surface area contributed by atoms with Crippen molar-refractivity contribution in [1.29, 1.82) is 0 Å². The van der Waals surface area contributed by atoms with Gasteiger partial charge >= 0.3 is 11.9 Å². The monoisotopic (exact) mass is 335 g/mol. The predicted molar refractivity (Wildman–Crippen MR) is 69.0 cm³/mol. The molecule has 0 aliphatic rings. The average Bonchev–Trinajstić information content (AvgIpc) is 2.28. The van der Waals surface area contributed by atoms with Crippen LogP contribution in [-0.2, 0) is 20.2 Å². The fourth-order valence-corrected chi connectivity index (χ4v) is 2.01. The zero-order valence-corrected chi connectivity index (χ0v) is 11.9. The van der Waals surface area contributed by atoms with Crippen molar-refractivity contribution in [2.45, 2.75) is 19.8 Å². The molecule has 0 saturated heterocycles. The number of halogens is 3. The van der Waals surface area contributed by atoms with E-state index in [9.17, 15) is 18.4 Å². The number of hydrogen-bond donors (Lipinski definition) is 1. The number of hydrogen-bond acceptors (Lipinski definition) is 3. The highest BCUT2D eigenvalue weighted by molar-refractivity contribution is 9.10. The molecule has 0 bridgehead atoms. The minimum atomic E-state index is -3.75. The van der Waals surface area contributed by atoms with Crippen molar-refractivity contribution in [1.82, 2.24) is 0 Å². The summed E-state index contributed by atoms with van der Waals surface area (Å²) in [6.07, 6.45) is 0. The molecule has 104 valence electrons. The summed E-state index contributed by atoms with van der Waals surface area (Å²) in [6, 6.07) is 3.64. The predicted octanol–water partition coefficient (Wildman–Crippen LogP) is 3.06. The number of carbonyl (C=O) groups is 2. The molecule has 1 amide bonds. The van der Waals surface area contributed by atoms with Crippen LogP contribution < -0.4 is 5.32 Å². The van der Waals surface area contributed by atoms with Gasteiger partial charge in [-0.15, -0.1) is 0 Å². The Labute approximate surface area is 117 Å². The molecule has 0 fully saturated rings. The summed E-state index contributed by atoms with van der Waals surface area (Å²) in [4.78, 5) is 22.1. The number of anilines is 1. The third-order valence-electron chi connectivity index (χ3n) is 2.16. The van der Waals surface area contributed by atoms with Gasteiger partial charge in [-0.1, -0.05) is 15.9 Å². The van der Waals surface area contributed by atoms with Crippen molar-refractivity contribution < 1.29 is 23.1 Å².